The maximum atomic E-state index is 4.40. The van der Waals surface area contributed by atoms with Crippen molar-refractivity contribution in [3.05, 3.63) is 18.0 Å². The van der Waals surface area contributed by atoms with Gasteiger partial charge in [-0.3, -0.25) is 4.68 Å². The molecule has 3 nitrogen and oxygen atoms in total. The third kappa shape index (κ3) is 1.98. The first-order valence-corrected chi connectivity index (χ1v) is 5.47. The van der Waals surface area contributed by atoms with Crippen LogP contribution in [0.5, 0.6) is 0 Å². The molecule has 0 aliphatic heterocycles. The van der Waals surface area contributed by atoms with Gasteiger partial charge in [-0.1, -0.05) is 0 Å². The Hall–Kier alpha value is -0.830. The number of aryl methyl sites for hydroxylation is 1. The molecule has 0 amide bonds. The van der Waals surface area contributed by atoms with Crippen molar-refractivity contribution < 1.29 is 0 Å². The van der Waals surface area contributed by atoms with Crippen LogP contribution in [0.4, 0.5) is 0 Å². The third-order valence-electron chi connectivity index (χ3n) is 3.16. The van der Waals surface area contributed by atoms with Crippen molar-refractivity contribution in [2.45, 2.75) is 44.7 Å². The average Bonchev–Trinajstić information content (AvgIpc) is 2.65. The van der Waals surface area contributed by atoms with Crippen LogP contribution in [0, 0.1) is 6.92 Å². The van der Waals surface area contributed by atoms with E-state index in [9.17, 15) is 0 Å². The van der Waals surface area contributed by atoms with Gasteiger partial charge in [-0.05, 0) is 45.2 Å². The topological polar surface area (TPSA) is 29.9 Å². The number of hydrogen-bond donors (Lipinski definition) is 1. The van der Waals surface area contributed by atoms with E-state index in [1.165, 1.54) is 31.2 Å². The SMILES string of the molecule is CNC1CCCC(n2cc(C)cn2)C1. The van der Waals surface area contributed by atoms with Crippen LogP contribution >= 0.6 is 0 Å². The van der Waals surface area contributed by atoms with E-state index in [-0.39, 0.29) is 0 Å². The van der Waals surface area contributed by atoms with Gasteiger partial charge in [-0.2, -0.15) is 5.10 Å². The predicted molar refractivity (Wildman–Crippen MR) is 57.3 cm³/mol. The average molecular weight is 193 g/mol. The maximum Gasteiger partial charge on any atom is 0.0534 e. The van der Waals surface area contributed by atoms with Crippen LogP contribution < -0.4 is 5.32 Å². The third-order valence-corrected chi connectivity index (χ3v) is 3.16. The molecule has 1 aromatic rings. The van der Waals surface area contributed by atoms with Crippen LogP contribution in [0.2, 0.25) is 0 Å². The quantitative estimate of drug-likeness (QED) is 0.777. The Labute approximate surface area is 85.5 Å². The molecule has 0 aromatic carbocycles. The summed E-state index contributed by atoms with van der Waals surface area (Å²) in [4.78, 5) is 0. The highest BCUT2D eigenvalue weighted by Crippen LogP contribution is 2.27. The van der Waals surface area contributed by atoms with Gasteiger partial charge in [0.05, 0.1) is 12.2 Å². The van der Waals surface area contributed by atoms with Crippen molar-refractivity contribution in [2.75, 3.05) is 7.05 Å². The van der Waals surface area contributed by atoms with Crippen LogP contribution in [-0.2, 0) is 0 Å². The van der Waals surface area contributed by atoms with Gasteiger partial charge < -0.3 is 5.32 Å². The molecule has 0 saturated heterocycles. The maximum absolute atomic E-state index is 4.40. The van der Waals surface area contributed by atoms with Crippen molar-refractivity contribution in [3.63, 3.8) is 0 Å². The fourth-order valence-electron chi connectivity index (χ4n) is 2.30. The normalized spacial score (nSPS) is 27.9. The summed E-state index contributed by atoms with van der Waals surface area (Å²) in [6.07, 6.45) is 9.23. The monoisotopic (exact) mass is 193 g/mol. The van der Waals surface area contributed by atoms with E-state index in [0.29, 0.717) is 12.1 Å². The predicted octanol–water partition coefficient (Wildman–Crippen LogP) is 1.89. The second kappa shape index (κ2) is 4.13. The van der Waals surface area contributed by atoms with Crippen LogP contribution in [0.3, 0.4) is 0 Å². The van der Waals surface area contributed by atoms with Crippen molar-refractivity contribution in [1.29, 1.82) is 0 Å². The second-order valence-electron chi connectivity index (χ2n) is 4.30. The number of rotatable bonds is 2. The van der Waals surface area contributed by atoms with Gasteiger partial charge in [0, 0.05) is 12.2 Å². The Kier molecular flexibility index (Phi) is 2.87. The largest absolute Gasteiger partial charge is 0.317 e. The summed E-state index contributed by atoms with van der Waals surface area (Å²) in [6, 6.07) is 1.29. The van der Waals surface area contributed by atoms with E-state index < -0.39 is 0 Å². The summed E-state index contributed by atoms with van der Waals surface area (Å²) in [7, 11) is 2.06. The van der Waals surface area contributed by atoms with Crippen LogP contribution in [0.25, 0.3) is 0 Å². The zero-order valence-corrected chi connectivity index (χ0v) is 9.03. The number of hydrogen-bond acceptors (Lipinski definition) is 2. The minimum absolute atomic E-state index is 0.606. The van der Waals surface area contributed by atoms with E-state index in [1.54, 1.807) is 0 Å². The Morgan fingerprint density at radius 1 is 1.50 bits per heavy atom. The second-order valence-corrected chi connectivity index (χ2v) is 4.30. The fourth-order valence-corrected chi connectivity index (χ4v) is 2.30. The molecule has 2 rings (SSSR count). The van der Waals surface area contributed by atoms with E-state index >= 15 is 0 Å². The van der Waals surface area contributed by atoms with Gasteiger partial charge in [0.1, 0.15) is 0 Å². The molecule has 0 spiro atoms. The molecular formula is C11H19N3. The Morgan fingerprint density at radius 3 is 3.00 bits per heavy atom. The summed E-state index contributed by atoms with van der Waals surface area (Å²) in [5.74, 6) is 0. The van der Waals surface area contributed by atoms with Gasteiger partial charge in [0.2, 0.25) is 0 Å². The highest BCUT2D eigenvalue weighted by molar-refractivity contribution is 5.01. The molecule has 78 valence electrons. The zero-order chi connectivity index (χ0) is 9.97. The molecule has 0 bridgehead atoms. The van der Waals surface area contributed by atoms with E-state index in [1.807, 2.05) is 6.20 Å². The Balaban J connectivity index is 2.04. The lowest BCUT2D eigenvalue weighted by molar-refractivity contribution is 0.278. The first kappa shape index (κ1) is 9.71. The van der Waals surface area contributed by atoms with Crippen molar-refractivity contribution in [1.82, 2.24) is 15.1 Å². The molecule has 1 saturated carbocycles. The Morgan fingerprint density at radius 2 is 2.36 bits per heavy atom. The van der Waals surface area contributed by atoms with Crippen molar-refractivity contribution in [3.8, 4) is 0 Å². The summed E-state index contributed by atoms with van der Waals surface area (Å²) in [6.45, 7) is 2.10. The summed E-state index contributed by atoms with van der Waals surface area (Å²) >= 11 is 0. The Bertz CT molecular complexity index is 292. The van der Waals surface area contributed by atoms with Gasteiger partial charge in [-0.25, -0.2) is 0 Å². The molecule has 2 unspecified atom stereocenters. The van der Waals surface area contributed by atoms with Gasteiger partial charge in [0.15, 0.2) is 0 Å². The standard InChI is InChI=1S/C11H19N3/c1-9-7-13-14(8-9)11-5-3-4-10(6-11)12-2/h7-8,10-12H,3-6H2,1-2H3. The number of nitrogens with zero attached hydrogens (tertiary/aromatic N) is 2. The highest BCUT2D eigenvalue weighted by Gasteiger charge is 2.22. The molecule has 1 aliphatic carbocycles. The first-order chi connectivity index (χ1) is 6.79. The molecular weight excluding hydrogens is 174 g/mol. The minimum atomic E-state index is 0.606. The minimum Gasteiger partial charge on any atom is -0.317 e. The number of nitrogens with one attached hydrogen (secondary N) is 1. The van der Waals surface area contributed by atoms with Gasteiger partial charge in [0.25, 0.3) is 0 Å². The molecule has 0 radical (unpaired) electrons. The summed E-state index contributed by atoms with van der Waals surface area (Å²) in [5, 5.41) is 7.77. The highest BCUT2D eigenvalue weighted by atomic mass is 15.3. The molecule has 1 heterocycles. The molecule has 1 aliphatic rings. The van der Waals surface area contributed by atoms with E-state index in [4.69, 9.17) is 0 Å². The molecule has 1 fully saturated rings. The molecule has 3 heteroatoms. The van der Waals surface area contributed by atoms with Gasteiger partial charge in [-0.15, -0.1) is 0 Å². The van der Waals surface area contributed by atoms with Crippen LogP contribution in [-0.4, -0.2) is 22.9 Å². The zero-order valence-electron chi connectivity index (χ0n) is 9.03. The van der Waals surface area contributed by atoms with Crippen LogP contribution in [0.1, 0.15) is 37.3 Å². The van der Waals surface area contributed by atoms with Crippen molar-refractivity contribution >= 4 is 0 Å². The lowest BCUT2D eigenvalue weighted by Crippen LogP contribution is -2.32. The summed E-state index contributed by atoms with van der Waals surface area (Å²) in [5.41, 5.74) is 1.26. The van der Waals surface area contributed by atoms with E-state index in [0.717, 1.165) is 0 Å². The lowest BCUT2D eigenvalue weighted by atomic mass is 9.91. The molecule has 2 atom stereocenters. The molecule has 14 heavy (non-hydrogen) atoms. The fraction of sp³-hybridized carbons (Fsp3) is 0.727. The van der Waals surface area contributed by atoms with E-state index in [2.05, 4.69) is 35.3 Å². The van der Waals surface area contributed by atoms with Gasteiger partial charge >= 0.3 is 0 Å². The van der Waals surface area contributed by atoms with Crippen LogP contribution in [0.15, 0.2) is 12.4 Å². The molecule has 1 N–H and O–H groups in total. The first-order valence-electron chi connectivity index (χ1n) is 5.47. The van der Waals surface area contributed by atoms with Crippen molar-refractivity contribution in [2.24, 2.45) is 0 Å². The number of aromatic nitrogens is 2. The smallest absolute Gasteiger partial charge is 0.0534 e. The lowest BCUT2D eigenvalue weighted by Gasteiger charge is -2.28. The summed E-state index contributed by atoms with van der Waals surface area (Å²) < 4.78 is 2.14. The molecule has 1 aromatic heterocycles.